The molecule has 0 radical (unpaired) electrons. The van der Waals surface area contributed by atoms with Crippen LogP contribution in [0.1, 0.15) is 66.4 Å². The van der Waals surface area contributed by atoms with Crippen molar-refractivity contribution in [2.75, 3.05) is 71.0 Å². The van der Waals surface area contributed by atoms with Gasteiger partial charge >= 0.3 is 0 Å². The van der Waals surface area contributed by atoms with Crippen LogP contribution in [0.2, 0.25) is 5.02 Å². The molecule has 13 heteroatoms. The molecule has 53 heavy (non-hydrogen) atoms. The number of ether oxygens (including phenoxy) is 5. The smallest absolute Gasteiger partial charge is 0.286 e. The quantitative estimate of drug-likeness (QED) is 0.343. The number of aryl methyl sites for hydroxylation is 1. The minimum absolute atomic E-state index is 0.0737. The molecule has 2 aromatic carbocycles. The standard InChI is InChI=1S/C40H52ClN3O8S/c1-48-22-27-5-3-7-36(49-2)33-11-8-30(33)21-44-25-40(16-4-6-28-19-31(41)10-12-34(28)40)26-52-37-13-9-29(20-35(37)44)39(46)43-53(47,24-27)42-38(45)23-51-32-14-17-50-18-15-32/h3,7,9-10,12-13,19-20,27,30,32-33,36H,4-6,8,11,14-18,21-26H2,1-2H3,(H,42,43,45,46,47)/b7-3+/t27-,30+,33-,36+,40+,53-/m1/s1. The Morgan fingerprint density at radius 1 is 1.13 bits per heavy atom. The van der Waals surface area contributed by atoms with Crippen LogP contribution < -0.4 is 14.4 Å². The van der Waals surface area contributed by atoms with E-state index in [4.69, 9.17) is 35.3 Å². The van der Waals surface area contributed by atoms with Crippen LogP contribution in [-0.2, 0) is 45.5 Å². The van der Waals surface area contributed by atoms with Gasteiger partial charge in [-0.05, 0) is 111 Å². The fourth-order valence-electron chi connectivity index (χ4n) is 8.86. The van der Waals surface area contributed by atoms with Gasteiger partial charge in [0.25, 0.3) is 11.8 Å². The maximum absolute atomic E-state index is 14.6. The first kappa shape index (κ1) is 38.3. The fraction of sp³-hybridized carbons (Fsp3) is 0.600. The second-order valence-corrected chi connectivity index (χ2v) is 17.8. The topological polar surface area (TPSA) is 125 Å². The molecule has 5 aliphatic rings. The van der Waals surface area contributed by atoms with Crippen LogP contribution in [0.25, 0.3) is 0 Å². The predicted molar refractivity (Wildman–Crippen MR) is 204 cm³/mol. The molecule has 3 heterocycles. The van der Waals surface area contributed by atoms with E-state index >= 15 is 0 Å². The van der Waals surface area contributed by atoms with Crippen molar-refractivity contribution >= 4 is 39.0 Å². The number of allylic oxidation sites excluding steroid dienone is 1. The van der Waals surface area contributed by atoms with Gasteiger partial charge in [-0.25, -0.2) is 4.21 Å². The van der Waals surface area contributed by atoms with Crippen LogP contribution in [0.3, 0.4) is 0 Å². The van der Waals surface area contributed by atoms with Crippen molar-refractivity contribution in [3.05, 3.63) is 70.3 Å². The molecular weight excluding hydrogens is 718 g/mol. The first-order valence-corrected chi connectivity index (χ1v) is 21.0. The van der Waals surface area contributed by atoms with Gasteiger partial charge in [0.05, 0.1) is 36.9 Å². The summed E-state index contributed by atoms with van der Waals surface area (Å²) < 4.78 is 51.0. The number of benzene rings is 2. The predicted octanol–water partition coefficient (Wildman–Crippen LogP) is 5.91. The van der Waals surface area contributed by atoms with Gasteiger partial charge in [0.1, 0.15) is 22.3 Å². The average Bonchev–Trinajstić information content (AvgIpc) is 3.28. The summed E-state index contributed by atoms with van der Waals surface area (Å²) in [5.41, 5.74) is 3.34. The third kappa shape index (κ3) is 8.79. The number of carbonyl (C=O) groups excluding carboxylic acids is 2. The van der Waals surface area contributed by atoms with Crippen LogP contribution in [0, 0.1) is 17.8 Å². The largest absolute Gasteiger partial charge is 0.490 e. The second kappa shape index (κ2) is 16.8. The number of carbonyl (C=O) groups is 2. The molecule has 1 N–H and O–H groups in total. The number of rotatable bonds is 7. The molecule has 3 aliphatic heterocycles. The zero-order valence-electron chi connectivity index (χ0n) is 30.8. The number of amides is 2. The highest BCUT2D eigenvalue weighted by atomic mass is 35.5. The molecule has 11 nitrogen and oxygen atoms in total. The Kier molecular flexibility index (Phi) is 12.1. The Morgan fingerprint density at radius 2 is 1.98 bits per heavy atom. The highest BCUT2D eigenvalue weighted by Gasteiger charge is 2.44. The monoisotopic (exact) mass is 769 g/mol. The first-order valence-electron chi connectivity index (χ1n) is 19.0. The van der Waals surface area contributed by atoms with Crippen molar-refractivity contribution in [2.24, 2.45) is 22.1 Å². The van der Waals surface area contributed by atoms with Gasteiger partial charge in [0, 0.05) is 56.5 Å². The van der Waals surface area contributed by atoms with Gasteiger partial charge in [-0.3, -0.25) is 14.3 Å². The summed E-state index contributed by atoms with van der Waals surface area (Å²) in [6.07, 6.45) is 10.9. The van der Waals surface area contributed by atoms with Crippen molar-refractivity contribution in [2.45, 2.75) is 69.0 Å². The summed E-state index contributed by atoms with van der Waals surface area (Å²) in [5.74, 6) is -0.250. The van der Waals surface area contributed by atoms with Crippen molar-refractivity contribution in [1.29, 1.82) is 0 Å². The Hall–Kier alpha value is -3.00. The van der Waals surface area contributed by atoms with E-state index in [-0.39, 0.29) is 48.1 Å². The van der Waals surface area contributed by atoms with Gasteiger partial charge in [-0.1, -0.05) is 29.8 Å². The number of nitrogens with one attached hydrogen (secondary N) is 1. The highest BCUT2D eigenvalue weighted by molar-refractivity contribution is 7.92. The van der Waals surface area contributed by atoms with Crippen LogP contribution >= 0.6 is 11.6 Å². The lowest BCUT2D eigenvalue weighted by atomic mass is 9.68. The van der Waals surface area contributed by atoms with Gasteiger partial charge < -0.3 is 28.6 Å². The van der Waals surface area contributed by atoms with Crippen molar-refractivity contribution in [3.8, 4) is 5.75 Å². The number of anilines is 1. The summed E-state index contributed by atoms with van der Waals surface area (Å²) in [5, 5.41) is 0.736. The third-order valence-electron chi connectivity index (χ3n) is 11.7. The molecule has 6 atom stereocenters. The lowest BCUT2D eigenvalue weighted by Gasteiger charge is -2.46. The zero-order chi connectivity index (χ0) is 37.0. The van der Waals surface area contributed by atoms with E-state index in [9.17, 15) is 13.8 Å². The summed E-state index contributed by atoms with van der Waals surface area (Å²) in [6.45, 7) is 3.08. The molecule has 7 rings (SSSR count). The van der Waals surface area contributed by atoms with Crippen LogP contribution in [0.5, 0.6) is 5.75 Å². The van der Waals surface area contributed by atoms with Gasteiger partial charge in [0.15, 0.2) is 0 Å². The Bertz CT molecular complexity index is 1810. The van der Waals surface area contributed by atoms with E-state index < -0.39 is 21.7 Å². The summed E-state index contributed by atoms with van der Waals surface area (Å²) in [7, 11) is -0.260. The zero-order valence-corrected chi connectivity index (χ0v) is 32.3. The van der Waals surface area contributed by atoms with Crippen LogP contribution in [0.15, 0.2) is 52.9 Å². The van der Waals surface area contributed by atoms with Crippen LogP contribution in [0.4, 0.5) is 5.69 Å². The van der Waals surface area contributed by atoms with E-state index in [1.807, 2.05) is 18.2 Å². The fourth-order valence-corrected chi connectivity index (χ4v) is 10.9. The third-order valence-corrected chi connectivity index (χ3v) is 13.9. The first-order chi connectivity index (χ1) is 25.7. The molecule has 2 aromatic rings. The van der Waals surface area contributed by atoms with E-state index in [0.29, 0.717) is 63.2 Å². The summed E-state index contributed by atoms with van der Waals surface area (Å²) >= 11 is 6.46. The molecule has 2 amide bonds. The van der Waals surface area contributed by atoms with Gasteiger partial charge in [0.2, 0.25) is 0 Å². The lowest BCUT2D eigenvalue weighted by Crippen LogP contribution is -2.49. The molecule has 2 aliphatic carbocycles. The molecular formula is C40H52ClN3O8S. The molecule has 1 saturated carbocycles. The van der Waals surface area contributed by atoms with Crippen LogP contribution in [-0.4, -0.2) is 94.3 Å². The van der Waals surface area contributed by atoms with E-state index in [0.717, 1.165) is 49.4 Å². The van der Waals surface area contributed by atoms with E-state index in [2.05, 4.69) is 38.3 Å². The molecule has 0 unspecified atom stereocenters. The highest BCUT2D eigenvalue weighted by Crippen LogP contribution is 2.47. The Balaban J connectivity index is 1.26. The number of nitrogens with zero attached hydrogens (tertiary/aromatic N) is 2. The number of methoxy groups -OCH3 is 2. The van der Waals surface area contributed by atoms with E-state index in [1.165, 1.54) is 11.1 Å². The second-order valence-electron chi connectivity index (χ2n) is 15.3. The minimum Gasteiger partial charge on any atom is -0.490 e. The maximum atomic E-state index is 14.6. The normalized spacial score (nSPS) is 31.2. The Morgan fingerprint density at radius 3 is 2.75 bits per heavy atom. The molecule has 1 saturated heterocycles. The summed E-state index contributed by atoms with van der Waals surface area (Å²) in [6, 6.07) is 11.5. The van der Waals surface area contributed by atoms with Gasteiger partial charge in [-0.2, -0.15) is 0 Å². The Labute approximate surface area is 318 Å². The van der Waals surface area contributed by atoms with Crippen molar-refractivity contribution in [1.82, 2.24) is 4.72 Å². The number of hydrogen-bond donors (Lipinski definition) is 1. The molecule has 0 aromatic heterocycles. The molecule has 2 bridgehead atoms. The van der Waals surface area contributed by atoms with Gasteiger partial charge in [-0.15, -0.1) is 4.36 Å². The van der Waals surface area contributed by atoms with E-state index in [1.54, 1.807) is 20.3 Å². The molecule has 1 spiro atoms. The molecule has 2 fully saturated rings. The average molecular weight is 770 g/mol. The SMILES string of the molecule is COC[C@H]1C/C=C/[C@H](OC)[C@@H]2CC[C@H]2CN2C[C@@]3(CCCc4cc(Cl)ccc43)COc3ccc(cc32)C(=O)N=[S@](=O)(NC(=O)COC2CCOCC2)C1. The summed E-state index contributed by atoms with van der Waals surface area (Å²) in [4.78, 5) is 29.7. The molecule has 288 valence electrons. The van der Waals surface area contributed by atoms with Crippen molar-refractivity contribution < 1.29 is 37.5 Å². The number of hydrogen-bond acceptors (Lipinski definition) is 9. The minimum atomic E-state index is -3.60. The maximum Gasteiger partial charge on any atom is 0.286 e. The lowest BCUT2D eigenvalue weighted by molar-refractivity contribution is -0.128. The van der Waals surface area contributed by atoms with Crippen molar-refractivity contribution in [3.63, 3.8) is 0 Å². The number of halogens is 1. The number of fused-ring (bicyclic) bond motifs is 4.